The second kappa shape index (κ2) is 20.3. The molecule has 8 nitrogen and oxygen atoms in total. The van der Waals surface area contributed by atoms with E-state index in [1.807, 2.05) is 54.7 Å². The maximum absolute atomic E-state index is 13.7. The lowest BCUT2D eigenvalue weighted by atomic mass is 10.0. The molecule has 0 spiro atoms. The highest BCUT2D eigenvalue weighted by Gasteiger charge is 2.28. The van der Waals surface area contributed by atoms with Crippen molar-refractivity contribution in [2.24, 2.45) is 0 Å². The van der Waals surface area contributed by atoms with Gasteiger partial charge in [-0.05, 0) is 29.7 Å². The molecule has 8 heteroatoms. The maximum Gasteiger partial charge on any atom is 0.326 e. The Hall–Kier alpha value is -4.07. The van der Waals surface area contributed by atoms with Gasteiger partial charge in [0.05, 0.1) is 0 Å². The summed E-state index contributed by atoms with van der Waals surface area (Å²) in [5.41, 5.74) is 3.55. The number of aromatic amines is 2. The van der Waals surface area contributed by atoms with Gasteiger partial charge in [-0.25, -0.2) is 4.79 Å². The smallest absolute Gasteiger partial charge is 0.326 e. The topological polar surface area (TPSA) is 127 Å². The van der Waals surface area contributed by atoms with Crippen LogP contribution in [0.3, 0.4) is 0 Å². The van der Waals surface area contributed by atoms with Crippen LogP contribution in [-0.4, -0.2) is 44.9 Å². The van der Waals surface area contributed by atoms with Crippen molar-refractivity contribution >= 4 is 39.6 Å². The molecule has 2 atom stereocenters. The van der Waals surface area contributed by atoms with Gasteiger partial charge in [0.1, 0.15) is 12.1 Å². The van der Waals surface area contributed by atoms with E-state index in [0.717, 1.165) is 52.2 Å². The molecule has 0 aliphatic heterocycles. The summed E-state index contributed by atoms with van der Waals surface area (Å²) in [4.78, 5) is 45.4. The van der Waals surface area contributed by atoms with Gasteiger partial charge in [0.15, 0.2) is 0 Å². The number of carboxylic acids is 1. The highest BCUT2D eigenvalue weighted by molar-refractivity contribution is 5.92. The van der Waals surface area contributed by atoms with Crippen LogP contribution in [0.25, 0.3) is 21.8 Å². The van der Waals surface area contributed by atoms with E-state index in [9.17, 15) is 19.5 Å². The quantitative estimate of drug-likeness (QED) is 0.0483. The monoisotopic (exact) mass is 656 g/mol. The Bertz CT molecular complexity index is 1560. The predicted molar refractivity (Wildman–Crippen MR) is 195 cm³/mol. The largest absolute Gasteiger partial charge is 0.480 e. The maximum atomic E-state index is 13.7. The predicted octanol–water partition coefficient (Wildman–Crippen LogP) is 8.75. The summed E-state index contributed by atoms with van der Waals surface area (Å²) in [5.74, 6) is -1.81. The van der Waals surface area contributed by atoms with Crippen LogP contribution in [0.1, 0.15) is 121 Å². The molecule has 0 radical (unpaired) electrons. The van der Waals surface area contributed by atoms with E-state index in [2.05, 4.69) is 27.5 Å². The molecule has 0 saturated heterocycles. The molecule has 5 N–H and O–H groups in total. The zero-order valence-electron chi connectivity index (χ0n) is 28.8. The van der Waals surface area contributed by atoms with E-state index in [1.165, 1.54) is 77.0 Å². The molecule has 48 heavy (non-hydrogen) atoms. The van der Waals surface area contributed by atoms with Crippen molar-refractivity contribution in [2.45, 2.75) is 135 Å². The number of carbonyl (C=O) groups excluding carboxylic acids is 2. The summed E-state index contributed by atoms with van der Waals surface area (Å²) < 4.78 is 0. The van der Waals surface area contributed by atoms with Crippen molar-refractivity contribution in [3.05, 3.63) is 72.1 Å². The minimum atomic E-state index is -1.14. The SMILES string of the molecule is CCCCCCCCCCCCCCCCCC(=O)NC(Cc1c[nH]c2ccccc12)C(=O)NC(Cc1c[nH]c2ccccc12)C(=O)O. The standard InChI is InChI=1S/C40H56N4O4/c1-2-3-4-5-6-7-8-9-10-11-12-13-14-15-16-25-38(45)43-36(26-30-28-41-34-23-19-17-21-32(30)34)39(46)44-37(40(47)48)27-31-29-42-35-24-20-18-22-33(31)35/h17-24,28-29,36-37,41-42H,2-16,25-27H2,1H3,(H,43,45)(H,44,46)(H,47,48). The zero-order chi connectivity index (χ0) is 34.0. The Kier molecular flexibility index (Phi) is 15.6. The zero-order valence-corrected chi connectivity index (χ0v) is 28.8. The van der Waals surface area contributed by atoms with Crippen LogP contribution < -0.4 is 10.6 Å². The Balaban J connectivity index is 1.23. The Morgan fingerprint density at radius 2 is 1.04 bits per heavy atom. The van der Waals surface area contributed by atoms with Gasteiger partial charge in [-0.15, -0.1) is 0 Å². The third-order valence-electron chi connectivity index (χ3n) is 9.47. The first-order valence-electron chi connectivity index (χ1n) is 18.4. The van der Waals surface area contributed by atoms with Crippen LogP contribution in [0.4, 0.5) is 0 Å². The number of rotatable bonds is 24. The van der Waals surface area contributed by atoms with Gasteiger partial charge in [-0.2, -0.15) is 0 Å². The molecule has 0 saturated carbocycles. The normalized spacial score (nSPS) is 12.7. The third-order valence-corrected chi connectivity index (χ3v) is 9.47. The number of H-pyrrole nitrogens is 2. The lowest BCUT2D eigenvalue weighted by molar-refractivity contribution is -0.142. The molecule has 4 rings (SSSR count). The van der Waals surface area contributed by atoms with Gasteiger partial charge in [-0.1, -0.05) is 133 Å². The van der Waals surface area contributed by atoms with Gasteiger partial charge in [0, 0.05) is 53.5 Å². The number of hydrogen-bond donors (Lipinski definition) is 5. The van der Waals surface area contributed by atoms with Gasteiger partial charge < -0.3 is 25.7 Å². The number of aromatic nitrogens is 2. The molecule has 0 aliphatic rings. The average molecular weight is 657 g/mol. The minimum absolute atomic E-state index is 0.123. The number of amides is 2. The lowest BCUT2D eigenvalue weighted by Crippen LogP contribution is -2.53. The number of carboxylic acid groups (broad SMARTS) is 1. The van der Waals surface area contributed by atoms with Crippen LogP contribution in [0.5, 0.6) is 0 Å². The van der Waals surface area contributed by atoms with Crippen LogP contribution in [0.15, 0.2) is 60.9 Å². The van der Waals surface area contributed by atoms with Crippen molar-refractivity contribution in [3.63, 3.8) is 0 Å². The number of benzene rings is 2. The summed E-state index contributed by atoms with van der Waals surface area (Å²) in [6, 6.07) is 13.4. The van der Waals surface area contributed by atoms with E-state index in [-0.39, 0.29) is 18.7 Å². The van der Waals surface area contributed by atoms with E-state index < -0.39 is 24.0 Å². The van der Waals surface area contributed by atoms with Gasteiger partial charge >= 0.3 is 5.97 Å². The lowest BCUT2D eigenvalue weighted by Gasteiger charge is -2.21. The fraction of sp³-hybridized carbons (Fsp3) is 0.525. The number of hydrogen-bond acceptors (Lipinski definition) is 3. The van der Waals surface area contributed by atoms with Gasteiger partial charge in [0.2, 0.25) is 11.8 Å². The van der Waals surface area contributed by atoms with Crippen LogP contribution in [-0.2, 0) is 27.2 Å². The summed E-state index contributed by atoms with van der Waals surface area (Å²) in [6.45, 7) is 2.26. The Morgan fingerprint density at radius 1 is 0.604 bits per heavy atom. The number of carbonyl (C=O) groups is 3. The Labute approximate surface area is 285 Å². The molecule has 0 aliphatic carbocycles. The molecule has 2 heterocycles. The van der Waals surface area contributed by atoms with Gasteiger partial charge in [-0.3, -0.25) is 9.59 Å². The van der Waals surface area contributed by atoms with Crippen molar-refractivity contribution in [2.75, 3.05) is 0 Å². The fourth-order valence-electron chi connectivity index (χ4n) is 6.65. The fourth-order valence-corrected chi connectivity index (χ4v) is 6.65. The van der Waals surface area contributed by atoms with E-state index >= 15 is 0 Å². The van der Waals surface area contributed by atoms with Crippen molar-refractivity contribution in [3.8, 4) is 0 Å². The summed E-state index contributed by atoms with van der Waals surface area (Å²) in [7, 11) is 0. The Morgan fingerprint density at radius 3 is 1.52 bits per heavy atom. The second-order valence-electron chi connectivity index (χ2n) is 13.3. The molecular formula is C40H56N4O4. The molecule has 2 aromatic heterocycles. The molecule has 2 aromatic carbocycles. The molecule has 2 unspecified atom stereocenters. The van der Waals surface area contributed by atoms with Gasteiger partial charge in [0.25, 0.3) is 0 Å². The number of nitrogens with one attached hydrogen (secondary N) is 4. The molecule has 2 amide bonds. The number of para-hydroxylation sites is 2. The molecule has 0 bridgehead atoms. The van der Waals surface area contributed by atoms with Crippen LogP contribution >= 0.6 is 0 Å². The van der Waals surface area contributed by atoms with E-state index in [0.29, 0.717) is 6.42 Å². The minimum Gasteiger partial charge on any atom is -0.480 e. The second-order valence-corrected chi connectivity index (χ2v) is 13.3. The highest BCUT2D eigenvalue weighted by Crippen LogP contribution is 2.21. The molecule has 4 aromatic rings. The third kappa shape index (κ3) is 11.9. The number of aliphatic carboxylic acids is 1. The first kappa shape index (κ1) is 36.8. The van der Waals surface area contributed by atoms with E-state index in [1.54, 1.807) is 6.20 Å². The van der Waals surface area contributed by atoms with Crippen molar-refractivity contribution in [1.29, 1.82) is 0 Å². The van der Waals surface area contributed by atoms with Crippen molar-refractivity contribution in [1.82, 2.24) is 20.6 Å². The summed E-state index contributed by atoms with van der Waals surface area (Å²) >= 11 is 0. The van der Waals surface area contributed by atoms with Crippen LogP contribution in [0, 0.1) is 0 Å². The molecule has 260 valence electrons. The first-order valence-corrected chi connectivity index (χ1v) is 18.4. The number of fused-ring (bicyclic) bond motifs is 2. The summed E-state index contributed by atoms with van der Waals surface area (Å²) in [5, 5.41) is 17.6. The average Bonchev–Trinajstić information content (AvgIpc) is 3.69. The van der Waals surface area contributed by atoms with Crippen molar-refractivity contribution < 1.29 is 19.5 Å². The first-order chi connectivity index (χ1) is 23.5. The number of unbranched alkanes of at least 4 members (excludes halogenated alkanes) is 14. The molecular weight excluding hydrogens is 600 g/mol. The highest BCUT2D eigenvalue weighted by atomic mass is 16.4. The summed E-state index contributed by atoms with van der Waals surface area (Å²) in [6.07, 6.45) is 23.2. The molecule has 0 fully saturated rings. The van der Waals surface area contributed by atoms with E-state index in [4.69, 9.17) is 0 Å². The van der Waals surface area contributed by atoms with Crippen LogP contribution in [0.2, 0.25) is 0 Å².